The van der Waals surface area contributed by atoms with Crippen molar-refractivity contribution < 1.29 is 4.74 Å². The van der Waals surface area contributed by atoms with Crippen LogP contribution in [0.4, 0.5) is 0 Å². The molecule has 0 saturated heterocycles. The number of nitrogens with zero attached hydrogens (tertiary/aromatic N) is 2. The first-order chi connectivity index (χ1) is 9.97. The van der Waals surface area contributed by atoms with E-state index in [0.29, 0.717) is 12.6 Å². The molecule has 114 valence electrons. The molecule has 1 aromatic heterocycles. The van der Waals surface area contributed by atoms with E-state index >= 15 is 0 Å². The van der Waals surface area contributed by atoms with Crippen molar-refractivity contribution in [2.45, 2.75) is 52.8 Å². The van der Waals surface area contributed by atoms with Gasteiger partial charge in [0.15, 0.2) is 0 Å². The minimum absolute atomic E-state index is 0.120. The predicted molar refractivity (Wildman–Crippen MR) is 85.5 cm³/mol. The smallest absolute Gasteiger partial charge is 0.132 e. The van der Waals surface area contributed by atoms with Crippen molar-refractivity contribution in [1.82, 2.24) is 9.78 Å². The van der Waals surface area contributed by atoms with Crippen molar-refractivity contribution in [2.24, 2.45) is 5.73 Å². The average molecular weight is 287 g/mol. The number of aromatic nitrogens is 2. The van der Waals surface area contributed by atoms with Crippen molar-refractivity contribution in [2.75, 3.05) is 0 Å². The van der Waals surface area contributed by atoms with Crippen LogP contribution in [0.15, 0.2) is 30.5 Å². The molecule has 0 saturated carbocycles. The molecule has 0 aliphatic heterocycles. The maximum absolute atomic E-state index is 6.02. The van der Waals surface area contributed by atoms with Crippen LogP contribution in [-0.2, 0) is 13.0 Å². The molecule has 0 aliphatic rings. The van der Waals surface area contributed by atoms with E-state index in [1.165, 1.54) is 0 Å². The molecule has 1 aromatic carbocycles. The summed E-state index contributed by atoms with van der Waals surface area (Å²) in [5.41, 5.74) is 9.16. The van der Waals surface area contributed by atoms with E-state index in [1.54, 1.807) is 0 Å². The van der Waals surface area contributed by atoms with Crippen molar-refractivity contribution in [3.63, 3.8) is 0 Å². The van der Waals surface area contributed by atoms with E-state index in [4.69, 9.17) is 10.5 Å². The monoisotopic (exact) mass is 287 g/mol. The van der Waals surface area contributed by atoms with Gasteiger partial charge >= 0.3 is 0 Å². The lowest BCUT2D eigenvalue weighted by molar-refractivity contribution is 0.293. The minimum atomic E-state index is 0.120. The number of hydrogen-bond donors (Lipinski definition) is 1. The van der Waals surface area contributed by atoms with Crippen molar-refractivity contribution in [3.8, 4) is 5.75 Å². The Hall–Kier alpha value is -1.81. The molecule has 0 bridgehead atoms. The molecular formula is C17H25N3O. The van der Waals surface area contributed by atoms with Gasteiger partial charge in [0.05, 0.1) is 5.69 Å². The van der Waals surface area contributed by atoms with Crippen LogP contribution >= 0.6 is 0 Å². The van der Waals surface area contributed by atoms with Gasteiger partial charge in [0.1, 0.15) is 12.4 Å². The Bertz CT molecular complexity index is 587. The summed E-state index contributed by atoms with van der Waals surface area (Å²) >= 11 is 0. The largest absolute Gasteiger partial charge is 0.487 e. The van der Waals surface area contributed by atoms with Gasteiger partial charge in [-0.25, -0.2) is 0 Å². The Morgan fingerprint density at radius 2 is 2.00 bits per heavy atom. The van der Waals surface area contributed by atoms with Crippen LogP contribution in [-0.4, -0.2) is 15.8 Å². The third-order valence-electron chi connectivity index (χ3n) is 3.39. The van der Waals surface area contributed by atoms with Crippen LogP contribution in [0.1, 0.15) is 43.6 Å². The minimum Gasteiger partial charge on any atom is -0.487 e. The fraction of sp³-hybridized carbons (Fsp3) is 0.471. The highest BCUT2D eigenvalue weighted by Crippen LogP contribution is 2.25. The van der Waals surface area contributed by atoms with Crippen LogP contribution in [0.2, 0.25) is 0 Å². The van der Waals surface area contributed by atoms with Gasteiger partial charge in [-0.2, -0.15) is 5.10 Å². The Kier molecular flexibility index (Phi) is 5.02. The number of rotatable bonds is 6. The summed E-state index contributed by atoms with van der Waals surface area (Å²) in [6.45, 7) is 8.78. The summed E-state index contributed by atoms with van der Waals surface area (Å²) in [7, 11) is 0. The van der Waals surface area contributed by atoms with Crippen LogP contribution in [0.5, 0.6) is 5.75 Å². The number of ether oxygens (including phenoxy) is 1. The highest BCUT2D eigenvalue weighted by molar-refractivity contribution is 5.41. The first-order valence-corrected chi connectivity index (χ1v) is 7.48. The molecule has 4 heteroatoms. The van der Waals surface area contributed by atoms with E-state index < -0.39 is 0 Å². The lowest BCUT2D eigenvalue weighted by Crippen LogP contribution is -2.18. The van der Waals surface area contributed by atoms with E-state index in [1.807, 2.05) is 29.9 Å². The van der Waals surface area contributed by atoms with E-state index in [-0.39, 0.29) is 6.04 Å². The Balaban J connectivity index is 2.11. The van der Waals surface area contributed by atoms with Crippen molar-refractivity contribution in [1.29, 1.82) is 0 Å². The Morgan fingerprint density at radius 3 is 2.62 bits per heavy atom. The molecule has 1 atom stereocenters. The first-order valence-electron chi connectivity index (χ1n) is 7.48. The molecule has 1 heterocycles. The summed E-state index contributed by atoms with van der Waals surface area (Å²) < 4.78 is 7.96. The average Bonchev–Trinajstić information content (AvgIpc) is 2.86. The second kappa shape index (κ2) is 6.76. The van der Waals surface area contributed by atoms with Gasteiger partial charge in [-0.05, 0) is 51.3 Å². The van der Waals surface area contributed by atoms with Crippen molar-refractivity contribution in [3.05, 3.63) is 47.3 Å². The summed E-state index contributed by atoms with van der Waals surface area (Å²) in [5, 5.41) is 4.51. The van der Waals surface area contributed by atoms with E-state index in [2.05, 4.69) is 38.0 Å². The molecule has 1 unspecified atom stereocenters. The van der Waals surface area contributed by atoms with Crippen LogP contribution < -0.4 is 10.5 Å². The summed E-state index contributed by atoms with van der Waals surface area (Å²) in [5.74, 6) is 0.939. The van der Waals surface area contributed by atoms with Gasteiger partial charge in [0, 0.05) is 18.3 Å². The standard InChI is InChI=1S/C17H25N3O/c1-12(2)20-9-8-16(19-20)11-21-17-13(3)6-5-7-15(17)10-14(4)18/h5-9,12,14H,10-11,18H2,1-4H3. The molecule has 0 aliphatic carbocycles. The SMILES string of the molecule is Cc1cccc(CC(C)N)c1OCc1ccn(C(C)C)n1. The zero-order chi connectivity index (χ0) is 15.4. The molecule has 21 heavy (non-hydrogen) atoms. The van der Waals surface area contributed by atoms with Crippen LogP contribution in [0.25, 0.3) is 0 Å². The zero-order valence-electron chi connectivity index (χ0n) is 13.3. The molecule has 2 aromatic rings. The first kappa shape index (κ1) is 15.6. The summed E-state index contributed by atoms with van der Waals surface area (Å²) in [4.78, 5) is 0. The van der Waals surface area contributed by atoms with Gasteiger partial charge in [-0.1, -0.05) is 18.2 Å². The quantitative estimate of drug-likeness (QED) is 0.887. The highest BCUT2D eigenvalue weighted by atomic mass is 16.5. The molecule has 4 nitrogen and oxygen atoms in total. The number of hydrogen-bond acceptors (Lipinski definition) is 3. The molecule has 0 fully saturated rings. The van der Waals surface area contributed by atoms with Crippen LogP contribution in [0.3, 0.4) is 0 Å². The molecule has 0 spiro atoms. The second-order valence-corrected chi connectivity index (χ2v) is 5.91. The van der Waals surface area contributed by atoms with E-state index in [0.717, 1.165) is 29.0 Å². The predicted octanol–water partition coefficient (Wildman–Crippen LogP) is 3.24. The lowest BCUT2D eigenvalue weighted by Gasteiger charge is -2.15. The third-order valence-corrected chi connectivity index (χ3v) is 3.39. The van der Waals surface area contributed by atoms with Gasteiger partial charge in [-0.3, -0.25) is 4.68 Å². The molecular weight excluding hydrogens is 262 g/mol. The number of nitrogens with two attached hydrogens (primary N) is 1. The van der Waals surface area contributed by atoms with E-state index in [9.17, 15) is 0 Å². The fourth-order valence-corrected chi connectivity index (χ4v) is 2.32. The van der Waals surface area contributed by atoms with Gasteiger partial charge in [-0.15, -0.1) is 0 Å². The normalized spacial score (nSPS) is 12.7. The highest BCUT2D eigenvalue weighted by Gasteiger charge is 2.10. The number of aryl methyl sites for hydroxylation is 1. The third kappa shape index (κ3) is 4.08. The van der Waals surface area contributed by atoms with Crippen molar-refractivity contribution >= 4 is 0 Å². The fourth-order valence-electron chi connectivity index (χ4n) is 2.32. The molecule has 2 N–H and O–H groups in total. The number of benzene rings is 1. The second-order valence-electron chi connectivity index (χ2n) is 5.91. The maximum Gasteiger partial charge on any atom is 0.132 e. The zero-order valence-corrected chi connectivity index (χ0v) is 13.3. The topological polar surface area (TPSA) is 53.1 Å². The summed E-state index contributed by atoms with van der Waals surface area (Å²) in [6, 6.07) is 8.68. The van der Waals surface area contributed by atoms with Gasteiger partial charge in [0.2, 0.25) is 0 Å². The maximum atomic E-state index is 6.02. The van der Waals surface area contributed by atoms with Gasteiger partial charge < -0.3 is 10.5 Å². The molecule has 0 amide bonds. The van der Waals surface area contributed by atoms with Gasteiger partial charge in [0.25, 0.3) is 0 Å². The Labute approximate surface area is 126 Å². The number of para-hydroxylation sites is 1. The summed E-state index contributed by atoms with van der Waals surface area (Å²) in [6.07, 6.45) is 2.81. The molecule has 0 radical (unpaired) electrons. The lowest BCUT2D eigenvalue weighted by atomic mass is 10.0. The van der Waals surface area contributed by atoms with Crippen LogP contribution in [0, 0.1) is 6.92 Å². The Morgan fingerprint density at radius 1 is 1.24 bits per heavy atom. The molecule has 2 rings (SSSR count).